The first-order chi connectivity index (χ1) is 15.9. The predicted octanol–water partition coefficient (Wildman–Crippen LogP) is 3.63. The first kappa shape index (κ1) is 24.1. The molecule has 0 unspecified atom stereocenters. The zero-order valence-corrected chi connectivity index (χ0v) is 19.3. The summed E-state index contributed by atoms with van der Waals surface area (Å²) in [5.74, 6) is -0.224. The maximum absolute atomic E-state index is 13.1. The van der Waals surface area contributed by atoms with Crippen LogP contribution in [0, 0.1) is 0 Å². The van der Waals surface area contributed by atoms with Crippen molar-refractivity contribution < 1.29 is 24.2 Å². The molecule has 1 saturated heterocycles. The number of Topliss-reactive ketones (excluding diaryl/α,β-unsaturated/α-hetero) is 1. The van der Waals surface area contributed by atoms with Crippen molar-refractivity contribution in [1.82, 2.24) is 9.80 Å². The van der Waals surface area contributed by atoms with Gasteiger partial charge in [-0.2, -0.15) is 0 Å². The molecule has 0 bridgehead atoms. The fourth-order valence-electron chi connectivity index (χ4n) is 3.70. The predicted molar refractivity (Wildman–Crippen MR) is 127 cm³/mol. The van der Waals surface area contributed by atoms with Gasteiger partial charge in [0.05, 0.1) is 18.2 Å². The van der Waals surface area contributed by atoms with Gasteiger partial charge in [-0.3, -0.25) is 9.59 Å². The van der Waals surface area contributed by atoms with Crippen molar-refractivity contribution in [1.29, 1.82) is 0 Å². The summed E-state index contributed by atoms with van der Waals surface area (Å²) < 4.78 is 11.0. The molecular weight excluding hydrogens is 420 g/mol. The van der Waals surface area contributed by atoms with Gasteiger partial charge < -0.3 is 24.4 Å². The van der Waals surface area contributed by atoms with Gasteiger partial charge in [-0.1, -0.05) is 24.8 Å². The smallest absolute Gasteiger partial charge is 0.295 e. The van der Waals surface area contributed by atoms with E-state index < -0.39 is 17.7 Å². The van der Waals surface area contributed by atoms with E-state index >= 15 is 0 Å². The number of aliphatic hydroxyl groups excluding tert-OH is 1. The zero-order valence-electron chi connectivity index (χ0n) is 19.3. The number of hydrogen-bond acceptors (Lipinski definition) is 6. The van der Waals surface area contributed by atoms with Crippen LogP contribution in [0.15, 0.2) is 66.8 Å². The SMILES string of the molecule is C=CCOc1ccc(C(O)=C2C(=O)C(=O)N(CCN(C)C)[C@@H]2c2ccc(OCC)cc2)cc1. The number of rotatable bonds is 10. The molecule has 7 heteroatoms. The van der Waals surface area contributed by atoms with Gasteiger partial charge in [0.2, 0.25) is 0 Å². The molecule has 1 heterocycles. The van der Waals surface area contributed by atoms with Gasteiger partial charge in [0, 0.05) is 18.7 Å². The molecule has 1 amide bonds. The second-order valence-corrected chi connectivity index (χ2v) is 7.92. The minimum absolute atomic E-state index is 0.0719. The number of ether oxygens (including phenoxy) is 2. The van der Waals surface area contributed by atoms with Gasteiger partial charge in [0.1, 0.15) is 23.9 Å². The number of hydrogen-bond donors (Lipinski definition) is 1. The van der Waals surface area contributed by atoms with E-state index in [1.54, 1.807) is 42.5 Å². The van der Waals surface area contributed by atoms with E-state index in [0.29, 0.717) is 43.4 Å². The summed E-state index contributed by atoms with van der Waals surface area (Å²) in [6.07, 6.45) is 1.64. The van der Waals surface area contributed by atoms with Crippen LogP contribution in [0.3, 0.4) is 0 Å². The van der Waals surface area contributed by atoms with Crippen LogP contribution in [0.4, 0.5) is 0 Å². The number of carbonyl (C=O) groups excluding carboxylic acids is 2. The minimum atomic E-state index is -0.697. The molecule has 1 aliphatic rings. The normalized spacial score (nSPS) is 17.5. The van der Waals surface area contributed by atoms with E-state index in [2.05, 4.69) is 6.58 Å². The number of benzene rings is 2. The zero-order chi connectivity index (χ0) is 24.0. The van der Waals surface area contributed by atoms with Crippen LogP contribution in [-0.2, 0) is 9.59 Å². The molecule has 0 aliphatic carbocycles. The highest BCUT2D eigenvalue weighted by Gasteiger charge is 2.45. The van der Waals surface area contributed by atoms with E-state index in [1.165, 1.54) is 4.90 Å². The summed E-state index contributed by atoms with van der Waals surface area (Å²) in [4.78, 5) is 29.5. The minimum Gasteiger partial charge on any atom is -0.507 e. The van der Waals surface area contributed by atoms with Crippen LogP contribution in [0.25, 0.3) is 5.76 Å². The van der Waals surface area contributed by atoms with Crippen molar-refractivity contribution in [2.24, 2.45) is 0 Å². The number of ketones is 1. The van der Waals surface area contributed by atoms with E-state index in [9.17, 15) is 14.7 Å². The number of amides is 1. The van der Waals surface area contributed by atoms with E-state index in [0.717, 1.165) is 5.56 Å². The van der Waals surface area contributed by atoms with Gasteiger partial charge >= 0.3 is 0 Å². The second kappa shape index (κ2) is 10.8. The Bertz CT molecular complexity index is 1030. The second-order valence-electron chi connectivity index (χ2n) is 7.92. The quantitative estimate of drug-likeness (QED) is 0.258. The Morgan fingerprint density at radius 1 is 1.06 bits per heavy atom. The molecule has 33 heavy (non-hydrogen) atoms. The molecule has 1 aliphatic heterocycles. The van der Waals surface area contributed by atoms with Gasteiger partial charge in [-0.05, 0) is 63.0 Å². The lowest BCUT2D eigenvalue weighted by Crippen LogP contribution is -2.35. The number of aliphatic hydroxyl groups is 1. The van der Waals surface area contributed by atoms with Crippen molar-refractivity contribution in [3.63, 3.8) is 0 Å². The highest BCUT2D eigenvalue weighted by Crippen LogP contribution is 2.39. The van der Waals surface area contributed by atoms with E-state index in [4.69, 9.17) is 9.47 Å². The van der Waals surface area contributed by atoms with Crippen LogP contribution in [0.2, 0.25) is 0 Å². The Kier molecular flexibility index (Phi) is 7.90. The van der Waals surface area contributed by atoms with Crippen LogP contribution in [0.1, 0.15) is 24.1 Å². The third-order valence-electron chi connectivity index (χ3n) is 5.33. The van der Waals surface area contributed by atoms with Crippen LogP contribution in [-0.4, -0.2) is 67.0 Å². The summed E-state index contributed by atoms with van der Waals surface area (Å²) in [6, 6.07) is 13.3. The van der Waals surface area contributed by atoms with Gasteiger partial charge in [0.25, 0.3) is 11.7 Å². The topological polar surface area (TPSA) is 79.3 Å². The highest BCUT2D eigenvalue weighted by atomic mass is 16.5. The molecule has 1 N–H and O–H groups in total. The lowest BCUT2D eigenvalue weighted by molar-refractivity contribution is -0.140. The maximum atomic E-state index is 13.1. The maximum Gasteiger partial charge on any atom is 0.295 e. The molecule has 1 fully saturated rings. The average Bonchev–Trinajstić information content (AvgIpc) is 3.06. The first-order valence-electron chi connectivity index (χ1n) is 10.9. The van der Waals surface area contributed by atoms with Crippen LogP contribution >= 0.6 is 0 Å². The summed E-state index contributed by atoms with van der Waals surface area (Å²) in [5, 5.41) is 11.1. The molecular formula is C26H30N2O5. The molecule has 174 valence electrons. The van der Waals surface area contributed by atoms with Crippen molar-refractivity contribution in [3.05, 3.63) is 77.9 Å². The largest absolute Gasteiger partial charge is 0.507 e. The third-order valence-corrected chi connectivity index (χ3v) is 5.33. The summed E-state index contributed by atoms with van der Waals surface area (Å²) in [6.45, 7) is 7.34. The van der Waals surface area contributed by atoms with Crippen LogP contribution in [0.5, 0.6) is 11.5 Å². The molecule has 1 atom stereocenters. The third kappa shape index (κ3) is 5.43. The van der Waals surface area contributed by atoms with Gasteiger partial charge in [0.15, 0.2) is 0 Å². The molecule has 2 aromatic carbocycles. The van der Waals surface area contributed by atoms with Gasteiger partial charge in [-0.15, -0.1) is 0 Å². The van der Waals surface area contributed by atoms with Crippen molar-refractivity contribution >= 4 is 17.4 Å². The Hall–Kier alpha value is -3.58. The fourth-order valence-corrected chi connectivity index (χ4v) is 3.70. The molecule has 0 spiro atoms. The molecule has 7 nitrogen and oxygen atoms in total. The lowest BCUT2D eigenvalue weighted by atomic mass is 9.95. The van der Waals surface area contributed by atoms with E-state index in [1.807, 2.05) is 38.1 Å². The Labute approximate surface area is 194 Å². The van der Waals surface area contributed by atoms with Crippen molar-refractivity contribution in [3.8, 4) is 11.5 Å². The number of carbonyl (C=O) groups is 2. The number of likely N-dealkylation sites (N-methyl/N-ethyl adjacent to an activating group) is 1. The highest BCUT2D eigenvalue weighted by molar-refractivity contribution is 6.46. The van der Waals surface area contributed by atoms with Gasteiger partial charge in [-0.25, -0.2) is 0 Å². The summed E-state index contributed by atoms with van der Waals surface area (Å²) in [7, 11) is 3.80. The molecule has 0 aromatic heterocycles. The summed E-state index contributed by atoms with van der Waals surface area (Å²) >= 11 is 0. The summed E-state index contributed by atoms with van der Waals surface area (Å²) in [5.41, 5.74) is 1.23. The molecule has 0 radical (unpaired) electrons. The number of nitrogens with zero attached hydrogens (tertiary/aromatic N) is 2. The first-order valence-corrected chi connectivity index (χ1v) is 10.9. The van der Waals surface area contributed by atoms with Crippen LogP contribution < -0.4 is 9.47 Å². The molecule has 3 rings (SSSR count). The Balaban J connectivity index is 2.04. The Morgan fingerprint density at radius 3 is 2.24 bits per heavy atom. The average molecular weight is 451 g/mol. The Morgan fingerprint density at radius 2 is 1.67 bits per heavy atom. The van der Waals surface area contributed by atoms with E-state index in [-0.39, 0.29) is 11.3 Å². The lowest BCUT2D eigenvalue weighted by Gasteiger charge is -2.26. The standard InChI is InChI=1S/C26H30N2O5/c1-5-17-33-21-13-9-19(10-14-21)24(29)22-23(18-7-11-20(12-8-18)32-6-2)28(16-15-27(3)4)26(31)25(22)30/h5,7-14,23,29H,1,6,15-17H2,2-4H3/t23-/m1/s1. The van der Waals surface area contributed by atoms with Crippen molar-refractivity contribution in [2.45, 2.75) is 13.0 Å². The molecule has 2 aromatic rings. The monoisotopic (exact) mass is 450 g/mol. The number of likely N-dealkylation sites (tertiary alicyclic amines) is 1. The molecule has 0 saturated carbocycles. The van der Waals surface area contributed by atoms with Crippen molar-refractivity contribution in [2.75, 3.05) is 40.4 Å². The fraction of sp³-hybridized carbons (Fsp3) is 0.308.